The molecule has 0 bridgehead atoms. The smallest absolute Gasteiger partial charge is 0.243 e. The maximum absolute atomic E-state index is 3.60. The molecule has 4 rings (SSSR count). The molecule has 2 heteroatoms. The van der Waals surface area contributed by atoms with Gasteiger partial charge in [-0.2, -0.15) is 0 Å². The number of rotatable bonds is 6. The number of imidazole rings is 1. The Labute approximate surface area is 181 Å². The molecular weight excluding hydrogens is 364 g/mol. The molecule has 0 radical (unpaired) electrons. The molecule has 0 amide bonds. The Hall–Kier alpha value is -2.61. The van der Waals surface area contributed by atoms with E-state index in [-0.39, 0.29) is 0 Å². The first-order valence-corrected chi connectivity index (χ1v) is 11.3. The van der Waals surface area contributed by atoms with Gasteiger partial charge in [-0.3, -0.25) is 0 Å². The van der Waals surface area contributed by atoms with E-state index in [2.05, 4.69) is 112 Å². The molecule has 1 aromatic heterocycles. The van der Waals surface area contributed by atoms with Crippen molar-refractivity contribution in [3.63, 3.8) is 0 Å². The van der Waals surface area contributed by atoms with Gasteiger partial charge in [0.25, 0.3) is 0 Å². The highest BCUT2D eigenvalue weighted by atomic mass is 15.1. The van der Waals surface area contributed by atoms with Crippen LogP contribution in [0.2, 0.25) is 0 Å². The Balaban J connectivity index is 1.58. The van der Waals surface area contributed by atoms with E-state index in [9.17, 15) is 0 Å². The number of benzene rings is 2. The summed E-state index contributed by atoms with van der Waals surface area (Å²) in [7, 11) is 0. The van der Waals surface area contributed by atoms with Gasteiger partial charge in [-0.05, 0) is 65.5 Å². The van der Waals surface area contributed by atoms with Gasteiger partial charge in [0, 0.05) is 18.3 Å². The predicted molar refractivity (Wildman–Crippen MR) is 125 cm³/mol. The second kappa shape index (κ2) is 8.26. The first-order valence-electron chi connectivity index (χ1n) is 11.3. The molecule has 2 nitrogen and oxygen atoms in total. The number of allylic oxidation sites excluding steroid dienone is 1. The van der Waals surface area contributed by atoms with Crippen LogP contribution in [0.25, 0.3) is 11.8 Å². The summed E-state index contributed by atoms with van der Waals surface area (Å²) in [5.74, 6) is 1.46. The van der Waals surface area contributed by atoms with Crippen LogP contribution in [0.4, 0.5) is 0 Å². The second-order valence-corrected chi connectivity index (χ2v) is 9.34. The van der Waals surface area contributed by atoms with E-state index in [1.807, 2.05) is 0 Å². The van der Waals surface area contributed by atoms with Crippen LogP contribution in [0.3, 0.4) is 0 Å². The molecule has 0 N–H and O–H groups in total. The van der Waals surface area contributed by atoms with Gasteiger partial charge >= 0.3 is 0 Å². The average Bonchev–Trinajstić information content (AvgIpc) is 3.36. The van der Waals surface area contributed by atoms with Crippen molar-refractivity contribution in [3.05, 3.63) is 88.5 Å². The van der Waals surface area contributed by atoms with Gasteiger partial charge in [-0.15, -0.1) is 0 Å². The molecule has 2 aromatic carbocycles. The molecule has 30 heavy (non-hydrogen) atoms. The van der Waals surface area contributed by atoms with Crippen molar-refractivity contribution >= 4 is 6.08 Å². The monoisotopic (exact) mass is 398 g/mol. The number of hydrogen-bond donors (Lipinski definition) is 0. The molecule has 1 heterocycles. The number of fused-ring (bicyclic) bond motifs is 1. The Bertz CT molecular complexity index is 1060. The van der Waals surface area contributed by atoms with E-state index < -0.39 is 0 Å². The molecule has 1 aliphatic carbocycles. The molecule has 1 aliphatic rings. The minimum atomic E-state index is 0.481. The Morgan fingerprint density at radius 3 is 2.30 bits per heavy atom. The topological polar surface area (TPSA) is 8.81 Å². The van der Waals surface area contributed by atoms with E-state index >= 15 is 0 Å². The van der Waals surface area contributed by atoms with Crippen molar-refractivity contribution in [2.24, 2.45) is 0 Å². The van der Waals surface area contributed by atoms with Crippen molar-refractivity contribution in [2.75, 3.05) is 0 Å². The third kappa shape index (κ3) is 3.76. The number of hydrogen-bond acceptors (Lipinski definition) is 0. The number of para-hydroxylation sites is 1. The first kappa shape index (κ1) is 20.7. The van der Waals surface area contributed by atoms with Crippen molar-refractivity contribution in [1.29, 1.82) is 0 Å². The van der Waals surface area contributed by atoms with Gasteiger partial charge in [-0.25, -0.2) is 0 Å². The molecule has 1 unspecified atom stereocenters. The van der Waals surface area contributed by atoms with E-state index in [1.165, 1.54) is 39.1 Å². The summed E-state index contributed by atoms with van der Waals surface area (Å²) in [4.78, 5) is 0. The van der Waals surface area contributed by atoms with Crippen molar-refractivity contribution in [1.82, 2.24) is 4.57 Å². The van der Waals surface area contributed by atoms with Crippen LogP contribution >= 0.6 is 0 Å². The lowest BCUT2D eigenvalue weighted by atomic mass is 9.91. The normalized spacial score (nSPS) is 15.4. The predicted octanol–water partition coefficient (Wildman–Crippen LogP) is 6.63. The Morgan fingerprint density at radius 2 is 1.63 bits per heavy atom. The molecule has 1 atom stereocenters. The minimum Gasteiger partial charge on any atom is -0.326 e. The van der Waals surface area contributed by atoms with Crippen LogP contribution in [0, 0.1) is 20.2 Å². The fourth-order valence-electron chi connectivity index (χ4n) is 4.79. The van der Waals surface area contributed by atoms with Gasteiger partial charge in [0.05, 0.1) is 12.2 Å². The molecule has 0 saturated heterocycles. The van der Waals surface area contributed by atoms with Crippen LogP contribution in [0.5, 0.6) is 0 Å². The van der Waals surface area contributed by atoms with Gasteiger partial charge in [0.15, 0.2) is 0 Å². The number of nitrogens with zero attached hydrogens (tertiary/aromatic N) is 2. The molecule has 0 saturated carbocycles. The SMILES string of the molecule is Cc1ccc(C)c2c1C=CC2CC[n+]1[c-]n(-c2c(C(C)C)cccc2C(C)C)cc1. The van der Waals surface area contributed by atoms with Crippen molar-refractivity contribution in [3.8, 4) is 5.69 Å². The van der Waals surface area contributed by atoms with Gasteiger partial charge in [0.1, 0.15) is 0 Å². The molecule has 0 spiro atoms. The summed E-state index contributed by atoms with van der Waals surface area (Å²) in [6.07, 6.45) is 13.7. The van der Waals surface area contributed by atoms with Gasteiger partial charge < -0.3 is 9.13 Å². The Morgan fingerprint density at radius 1 is 0.967 bits per heavy atom. The zero-order valence-electron chi connectivity index (χ0n) is 19.2. The van der Waals surface area contributed by atoms with E-state index in [0.717, 1.165) is 13.0 Å². The summed E-state index contributed by atoms with van der Waals surface area (Å²) in [5, 5.41) is 0. The molecule has 0 aliphatic heterocycles. The van der Waals surface area contributed by atoms with Crippen LogP contribution in [0.15, 0.2) is 48.8 Å². The summed E-state index contributed by atoms with van der Waals surface area (Å²) in [6.45, 7) is 14.5. The van der Waals surface area contributed by atoms with Crippen LogP contribution in [-0.4, -0.2) is 4.57 Å². The fourth-order valence-corrected chi connectivity index (χ4v) is 4.79. The van der Waals surface area contributed by atoms with Crippen LogP contribution in [-0.2, 0) is 6.54 Å². The second-order valence-electron chi connectivity index (χ2n) is 9.34. The molecule has 156 valence electrons. The summed E-state index contributed by atoms with van der Waals surface area (Å²) >= 11 is 0. The lowest BCUT2D eigenvalue weighted by Crippen LogP contribution is -2.32. The number of aryl methyl sites for hydroxylation is 3. The molecular formula is C28H34N2. The van der Waals surface area contributed by atoms with Crippen molar-refractivity contribution in [2.45, 2.75) is 72.3 Å². The minimum absolute atomic E-state index is 0.481. The average molecular weight is 399 g/mol. The summed E-state index contributed by atoms with van der Waals surface area (Å²) in [5.41, 5.74) is 9.81. The quantitative estimate of drug-likeness (QED) is 0.325. The molecule has 0 fully saturated rings. The maximum Gasteiger partial charge on any atom is 0.243 e. The van der Waals surface area contributed by atoms with Crippen molar-refractivity contribution < 1.29 is 4.57 Å². The zero-order chi connectivity index (χ0) is 21.4. The summed E-state index contributed by atoms with van der Waals surface area (Å²) in [6, 6.07) is 11.2. The molecule has 3 aromatic rings. The highest BCUT2D eigenvalue weighted by molar-refractivity contribution is 5.67. The fraction of sp³-hybridized carbons (Fsp3) is 0.393. The first-order chi connectivity index (χ1) is 14.4. The highest BCUT2D eigenvalue weighted by Crippen LogP contribution is 2.36. The lowest BCUT2D eigenvalue weighted by molar-refractivity contribution is -0.700. The van der Waals surface area contributed by atoms with E-state index in [1.54, 1.807) is 0 Å². The van der Waals surface area contributed by atoms with E-state index in [4.69, 9.17) is 0 Å². The highest BCUT2D eigenvalue weighted by Gasteiger charge is 2.21. The third-order valence-corrected chi connectivity index (χ3v) is 6.49. The maximum atomic E-state index is 3.60. The van der Waals surface area contributed by atoms with Gasteiger partial charge in [-0.1, -0.05) is 70.2 Å². The van der Waals surface area contributed by atoms with Gasteiger partial charge in [0.2, 0.25) is 6.33 Å². The number of aromatic nitrogens is 2. The van der Waals surface area contributed by atoms with Crippen LogP contribution in [0.1, 0.15) is 85.3 Å². The zero-order valence-corrected chi connectivity index (χ0v) is 19.2. The largest absolute Gasteiger partial charge is 0.326 e. The third-order valence-electron chi connectivity index (χ3n) is 6.49. The Kier molecular flexibility index (Phi) is 5.69. The standard InChI is InChI=1S/C28H34N2/c1-19(2)24-8-7-9-25(20(3)4)28(24)30-17-16-29(18-30)15-14-23-12-13-26-21(5)10-11-22(6)27(23)26/h7-13,16-17,19-20,23H,14-15H2,1-6H3. The van der Waals surface area contributed by atoms with Crippen LogP contribution < -0.4 is 4.57 Å². The lowest BCUT2D eigenvalue weighted by Gasteiger charge is -2.20. The summed E-state index contributed by atoms with van der Waals surface area (Å²) < 4.78 is 4.43. The van der Waals surface area contributed by atoms with E-state index in [0.29, 0.717) is 17.8 Å².